The fourth-order valence-electron chi connectivity index (χ4n) is 2.03. The average molecular weight is 317 g/mol. The molecule has 2 aromatic rings. The summed E-state index contributed by atoms with van der Waals surface area (Å²) in [6.07, 6.45) is 1.79. The van der Waals surface area contributed by atoms with Gasteiger partial charge in [0.2, 0.25) is 5.75 Å². The third-order valence-corrected chi connectivity index (χ3v) is 3.24. The first-order valence-corrected chi connectivity index (χ1v) is 6.89. The van der Waals surface area contributed by atoms with Crippen LogP contribution in [0.2, 0.25) is 0 Å². The Morgan fingerprint density at radius 2 is 1.78 bits per heavy atom. The second-order valence-electron chi connectivity index (χ2n) is 4.64. The van der Waals surface area contributed by atoms with Gasteiger partial charge in [0.15, 0.2) is 11.5 Å². The Bertz CT molecular complexity index is 683. The van der Waals surface area contributed by atoms with E-state index in [-0.39, 0.29) is 5.91 Å². The zero-order valence-corrected chi connectivity index (χ0v) is 13.5. The topological polar surface area (TPSA) is 84.9 Å². The number of nitrogens with one attached hydrogen (secondary N) is 2. The van der Waals surface area contributed by atoms with E-state index in [2.05, 4.69) is 15.5 Å². The largest absolute Gasteiger partial charge is 0.493 e. The molecular weight excluding hydrogens is 298 g/mol. The summed E-state index contributed by atoms with van der Waals surface area (Å²) in [4.78, 5) is 15.3. The molecule has 7 nitrogen and oxygen atoms in total. The Morgan fingerprint density at radius 1 is 1.13 bits per heavy atom. The van der Waals surface area contributed by atoms with E-state index in [1.807, 2.05) is 12.1 Å². The SMILES string of the molecule is COc1cc(C(=O)N/N=C(\C)c2ccc[nH]2)cc(OC)c1OC. The van der Waals surface area contributed by atoms with Crippen molar-refractivity contribution in [1.29, 1.82) is 0 Å². The van der Waals surface area contributed by atoms with E-state index in [0.29, 0.717) is 28.5 Å². The highest BCUT2D eigenvalue weighted by Crippen LogP contribution is 2.38. The molecule has 0 spiro atoms. The molecule has 7 heteroatoms. The summed E-state index contributed by atoms with van der Waals surface area (Å²) in [6, 6.07) is 6.85. The molecular formula is C16H19N3O4. The van der Waals surface area contributed by atoms with Crippen molar-refractivity contribution >= 4 is 11.6 Å². The summed E-state index contributed by atoms with van der Waals surface area (Å²) < 4.78 is 15.7. The van der Waals surface area contributed by atoms with Crippen LogP contribution < -0.4 is 19.6 Å². The molecule has 0 saturated heterocycles. The lowest BCUT2D eigenvalue weighted by atomic mass is 10.1. The zero-order valence-electron chi connectivity index (χ0n) is 13.5. The van der Waals surface area contributed by atoms with E-state index in [1.54, 1.807) is 25.3 Å². The van der Waals surface area contributed by atoms with Gasteiger partial charge in [0.1, 0.15) is 0 Å². The van der Waals surface area contributed by atoms with E-state index in [9.17, 15) is 4.79 Å². The number of hydrogen-bond donors (Lipinski definition) is 2. The fraction of sp³-hybridized carbons (Fsp3) is 0.250. The second-order valence-corrected chi connectivity index (χ2v) is 4.64. The lowest BCUT2D eigenvalue weighted by molar-refractivity contribution is 0.0954. The minimum absolute atomic E-state index is 0.350. The molecule has 1 heterocycles. The highest BCUT2D eigenvalue weighted by molar-refractivity contribution is 6.00. The number of hydrogen-bond acceptors (Lipinski definition) is 5. The molecule has 0 unspecified atom stereocenters. The van der Waals surface area contributed by atoms with Gasteiger partial charge in [-0.25, -0.2) is 5.43 Å². The smallest absolute Gasteiger partial charge is 0.271 e. The quantitative estimate of drug-likeness (QED) is 0.632. The molecule has 0 bridgehead atoms. The summed E-state index contributed by atoms with van der Waals surface area (Å²) in [5.41, 5.74) is 4.35. The number of ether oxygens (including phenoxy) is 3. The number of aromatic nitrogens is 1. The number of rotatable bonds is 6. The predicted molar refractivity (Wildman–Crippen MR) is 86.6 cm³/mol. The van der Waals surface area contributed by atoms with Crippen molar-refractivity contribution < 1.29 is 19.0 Å². The lowest BCUT2D eigenvalue weighted by Gasteiger charge is -2.13. The summed E-state index contributed by atoms with van der Waals surface area (Å²) >= 11 is 0. The van der Waals surface area contributed by atoms with Gasteiger partial charge in [-0.3, -0.25) is 4.79 Å². The van der Waals surface area contributed by atoms with Crippen LogP contribution in [0.1, 0.15) is 23.0 Å². The number of carbonyl (C=O) groups excluding carboxylic acids is 1. The molecule has 122 valence electrons. The number of methoxy groups -OCH3 is 3. The first-order valence-electron chi connectivity index (χ1n) is 6.89. The molecule has 2 N–H and O–H groups in total. The third kappa shape index (κ3) is 3.63. The highest BCUT2D eigenvalue weighted by atomic mass is 16.5. The van der Waals surface area contributed by atoms with Crippen LogP contribution in [0.15, 0.2) is 35.6 Å². The van der Waals surface area contributed by atoms with Crippen LogP contribution in [-0.4, -0.2) is 37.9 Å². The fourth-order valence-corrected chi connectivity index (χ4v) is 2.03. The molecule has 0 fully saturated rings. The number of carbonyl (C=O) groups is 1. The number of benzene rings is 1. The van der Waals surface area contributed by atoms with E-state index in [1.165, 1.54) is 21.3 Å². The molecule has 1 amide bonds. The van der Waals surface area contributed by atoms with Crippen molar-refractivity contribution in [2.45, 2.75) is 6.92 Å². The van der Waals surface area contributed by atoms with Crippen LogP contribution in [0.5, 0.6) is 17.2 Å². The number of nitrogens with zero attached hydrogens (tertiary/aromatic N) is 1. The molecule has 0 saturated carbocycles. The molecule has 0 atom stereocenters. The maximum atomic E-state index is 12.3. The number of hydrazone groups is 1. The monoisotopic (exact) mass is 317 g/mol. The summed E-state index contributed by atoms with van der Waals surface area (Å²) in [6.45, 7) is 1.79. The lowest BCUT2D eigenvalue weighted by Crippen LogP contribution is -2.19. The maximum Gasteiger partial charge on any atom is 0.271 e. The van der Waals surface area contributed by atoms with Gasteiger partial charge in [-0.2, -0.15) is 5.10 Å². The Hall–Kier alpha value is -2.96. The van der Waals surface area contributed by atoms with Crippen molar-refractivity contribution in [3.8, 4) is 17.2 Å². The van der Waals surface area contributed by atoms with Gasteiger partial charge in [0.25, 0.3) is 5.91 Å². The van der Waals surface area contributed by atoms with Gasteiger partial charge in [0, 0.05) is 11.8 Å². The standard InChI is InChI=1S/C16H19N3O4/c1-10(12-6-5-7-17-12)18-19-16(20)11-8-13(21-2)15(23-4)14(9-11)22-3/h5-9,17H,1-4H3,(H,19,20)/b18-10+. The Balaban J connectivity index is 2.24. The first kappa shape index (κ1) is 16.4. The summed E-state index contributed by atoms with van der Waals surface area (Å²) in [5, 5.41) is 4.07. The van der Waals surface area contributed by atoms with Crippen molar-refractivity contribution in [3.05, 3.63) is 41.7 Å². The third-order valence-electron chi connectivity index (χ3n) is 3.24. The summed E-state index contributed by atoms with van der Waals surface area (Å²) in [5.74, 6) is 0.858. The second kappa shape index (κ2) is 7.35. The molecule has 0 radical (unpaired) electrons. The molecule has 2 rings (SSSR count). The first-order chi connectivity index (χ1) is 11.1. The van der Waals surface area contributed by atoms with Crippen LogP contribution in [0, 0.1) is 0 Å². The summed E-state index contributed by atoms with van der Waals surface area (Å²) in [7, 11) is 4.49. The van der Waals surface area contributed by atoms with Crippen molar-refractivity contribution in [3.63, 3.8) is 0 Å². The van der Waals surface area contributed by atoms with Crippen molar-refractivity contribution in [1.82, 2.24) is 10.4 Å². The van der Waals surface area contributed by atoms with Crippen LogP contribution in [0.3, 0.4) is 0 Å². The van der Waals surface area contributed by atoms with Gasteiger partial charge in [-0.1, -0.05) is 0 Å². The van der Waals surface area contributed by atoms with E-state index >= 15 is 0 Å². The Morgan fingerprint density at radius 3 is 2.26 bits per heavy atom. The normalized spacial score (nSPS) is 11.0. The minimum Gasteiger partial charge on any atom is -0.493 e. The van der Waals surface area contributed by atoms with Gasteiger partial charge >= 0.3 is 0 Å². The van der Waals surface area contributed by atoms with Gasteiger partial charge < -0.3 is 19.2 Å². The Kier molecular flexibility index (Phi) is 5.24. The minimum atomic E-state index is -0.379. The maximum absolute atomic E-state index is 12.3. The van der Waals surface area contributed by atoms with Crippen LogP contribution >= 0.6 is 0 Å². The van der Waals surface area contributed by atoms with Crippen molar-refractivity contribution in [2.75, 3.05) is 21.3 Å². The Labute approximate surface area is 134 Å². The van der Waals surface area contributed by atoms with Gasteiger partial charge in [-0.05, 0) is 31.2 Å². The van der Waals surface area contributed by atoms with E-state index < -0.39 is 0 Å². The zero-order chi connectivity index (χ0) is 16.8. The van der Waals surface area contributed by atoms with E-state index in [4.69, 9.17) is 14.2 Å². The van der Waals surface area contributed by atoms with E-state index in [0.717, 1.165) is 5.69 Å². The van der Waals surface area contributed by atoms with Crippen molar-refractivity contribution in [2.24, 2.45) is 5.10 Å². The average Bonchev–Trinajstić information content (AvgIpc) is 3.12. The van der Waals surface area contributed by atoms with Crippen LogP contribution in [0.25, 0.3) is 0 Å². The molecule has 23 heavy (non-hydrogen) atoms. The van der Waals surface area contributed by atoms with Crippen LogP contribution in [-0.2, 0) is 0 Å². The molecule has 0 aliphatic carbocycles. The molecule has 1 aromatic heterocycles. The van der Waals surface area contributed by atoms with Crippen LogP contribution in [0.4, 0.5) is 0 Å². The molecule has 1 aromatic carbocycles. The number of H-pyrrole nitrogens is 1. The number of aromatic amines is 1. The molecule has 0 aliphatic heterocycles. The highest BCUT2D eigenvalue weighted by Gasteiger charge is 2.16. The molecule has 0 aliphatic rings. The van der Waals surface area contributed by atoms with Gasteiger partial charge in [-0.15, -0.1) is 0 Å². The number of amides is 1. The predicted octanol–water partition coefficient (Wildman–Crippen LogP) is 2.19. The van der Waals surface area contributed by atoms with Gasteiger partial charge in [0.05, 0.1) is 32.7 Å².